The topological polar surface area (TPSA) is 62.5 Å². The largest absolute Gasteiger partial charge is 0.338 e. The number of piperidine rings is 1. The summed E-state index contributed by atoms with van der Waals surface area (Å²) in [6.07, 6.45) is 8.58. The second-order valence-corrected chi connectivity index (χ2v) is 6.17. The number of fused-ring (bicyclic) bond motifs is 1. The first-order valence-electron chi connectivity index (χ1n) is 7.56. The number of aromatic nitrogens is 3. The maximum absolute atomic E-state index is 12.7. The van der Waals surface area contributed by atoms with Crippen LogP contribution in [-0.4, -0.2) is 51.6 Å². The second kappa shape index (κ2) is 4.80. The Labute approximate surface area is 123 Å². The van der Waals surface area contributed by atoms with Crippen molar-refractivity contribution in [2.45, 2.75) is 19.3 Å². The Morgan fingerprint density at radius 3 is 2.90 bits per heavy atom. The predicted molar refractivity (Wildman–Crippen MR) is 78.0 cm³/mol. The van der Waals surface area contributed by atoms with E-state index < -0.39 is 0 Å². The van der Waals surface area contributed by atoms with E-state index >= 15 is 0 Å². The van der Waals surface area contributed by atoms with E-state index in [1.165, 1.54) is 6.42 Å². The van der Waals surface area contributed by atoms with E-state index in [1.807, 2.05) is 17.2 Å². The lowest BCUT2D eigenvalue weighted by Crippen LogP contribution is -2.44. The van der Waals surface area contributed by atoms with Crippen LogP contribution >= 0.6 is 0 Å². The number of nitrogens with one attached hydrogen (secondary N) is 1. The lowest BCUT2D eigenvalue weighted by Gasteiger charge is -2.38. The molecule has 1 N–H and O–H groups in total. The van der Waals surface area contributed by atoms with Gasteiger partial charge in [-0.3, -0.25) is 4.79 Å². The second-order valence-electron chi connectivity index (χ2n) is 6.17. The van der Waals surface area contributed by atoms with Gasteiger partial charge in [-0.15, -0.1) is 0 Å². The molecule has 0 atom stereocenters. The van der Waals surface area contributed by atoms with Gasteiger partial charge in [0.05, 0.1) is 6.20 Å². The molecule has 2 aliphatic heterocycles. The first-order valence-corrected chi connectivity index (χ1v) is 7.56. The van der Waals surface area contributed by atoms with Crippen LogP contribution < -0.4 is 5.32 Å². The first-order chi connectivity index (χ1) is 10.3. The van der Waals surface area contributed by atoms with Crippen molar-refractivity contribution in [1.29, 1.82) is 0 Å². The summed E-state index contributed by atoms with van der Waals surface area (Å²) in [5.41, 5.74) is 1.68. The molecule has 0 aromatic carbocycles. The number of carbonyl (C=O) groups excluding carboxylic acids is 1. The molecule has 4 rings (SSSR count). The number of hydrogen-bond acceptors (Lipinski definition) is 4. The predicted octanol–water partition coefficient (Wildman–Crippen LogP) is 0.945. The summed E-state index contributed by atoms with van der Waals surface area (Å²) in [6.45, 7) is 3.90. The zero-order valence-electron chi connectivity index (χ0n) is 12.0. The molecule has 0 aliphatic carbocycles. The van der Waals surface area contributed by atoms with Crippen LogP contribution in [0.4, 0.5) is 0 Å². The molecule has 6 heteroatoms. The van der Waals surface area contributed by atoms with Gasteiger partial charge in [0.15, 0.2) is 5.65 Å². The van der Waals surface area contributed by atoms with Crippen LogP contribution in [0, 0.1) is 5.41 Å². The van der Waals surface area contributed by atoms with Gasteiger partial charge >= 0.3 is 0 Å². The molecule has 4 heterocycles. The molecule has 2 fully saturated rings. The lowest BCUT2D eigenvalue weighted by atomic mass is 9.78. The van der Waals surface area contributed by atoms with Crippen molar-refractivity contribution < 1.29 is 4.79 Å². The summed E-state index contributed by atoms with van der Waals surface area (Å²) in [7, 11) is 0. The average Bonchev–Trinajstić information content (AvgIpc) is 3.15. The number of carbonyl (C=O) groups is 1. The summed E-state index contributed by atoms with van der Waals surface area (Å²) >= 11 is 0. The third-order valence-corrected chi connectivity index (χ3v) is 4.95. The van der Waals surface area contributed by atoms with Crippen LogP contribution in [0.15, 0.2) is 24.7 Å². The van der Waals surface area contributed by atoms with Crippen LogP contribution in [0.5, 0.6) is 0 Å². The molecule has 0 bridgehead atoms. The van der Waals surface area contributed by atoms with E-state index in [1.54, 1.807) is 16.9 Å². The number of nitrogens with zero attached hydrogens (tertiary/aromatic N) is 4. The van der Waals surface area contributed by atoms with Gasteiger partial charge in [-0.2, -0.15) is 5.10 Å². The number of likely N-dealkylation sites (tertiary alicyclic amines) is 1. The van der Waals surface area contributed by atoms with Crippen LogP contribution in [0.2, 0.25) is 0 Å². The van der Waals surface area contributed by atoms with Crippen molar-refractivity contribution in [3.63, 3.8) is 0 Å². The van der Waals surface area contributed by atoms with Gasteiger partial charge in [-0.1, -0.05) is 0 Å². The van der Waals surface area contributed by atoms with Crippen LogP contribution in [0.3, 0.4) is 0 Å². The molecule has 2 saturated heterocycles. The van der Waals surface area contributed by atoms with Crippen molar-refractivity contribution in [2.75, 3.05) is 26.2 Å². The highest BCUT2D eigenvalue weighted by Gasteiger charge is 2.38. The van der Waals surface area contributed by atoms with E-state index in [0.717, 1.165) is 39.0 Å². The van der Waals surface area contributed by atoms with E-state index in [-0.39, 0.29) is 5.91 Å². The maximum atomic E-state index is 12.7. The van der Waals surface area contributed by atoms with Crippen LogP contribution in [0.25, 0.3) is 5.65 Å². The number of hydrogen-bond donors (Lipinski definition) is 1. The molecule has 2 aromatic heterocycles. The van der Waals surface area contributed by atoms with Gasteiger partial charge in [0.25, 0.3) is 5.91 Å². The van der Waals surface area contributed by atoms with Crippen molar-refractivity contribution in [3.8, 4) is 0 Å². The molecule has 6 nitrogen and oxygen atoms in total. The monoisotopic (exact) mass is 285 g/mol. The Bertz CT molecular complexity index is 664. The van der Waals surface area contributed by atoms with Crippen molar-refractivity contribution in [2.24, 2.45) is 5.41 Å². The van der Waals surface area contributed by atoms with Gasteiger partial charge in [0, 0.05) is 32.0 Å². The number of rotatable bonds is 1. The van der Waals surface area contributed by atoms with Gasteiger partial charge in [-0.05, 0) is 37.3 Å². The summed E-state index contributed by atoms with van der Waals surface area (Å²) in [5, 5.41) is 7.65. The van der Waals surface area contributed by atoms with Crippen LogP contribution in [0.1, 0.15) is 29.6 Å². The zero-order valence-corrected chi connectivity index (χ0v) is 12.0. The van der Waals surface area contributed by atoms with Crippen molar-refractivity contribution in [3.05, 3.63) is 30.2 Å². The first kappa shape index (κ1) is 12.8. The molecular weight excluding hydrogens is 266 g/mol. The maximum Gasteiger partial charge on any atom is 0.259 e. The van der Waals surface area contributed by atoms with Crippen molar-refractivity contribution >= 4 is 11.6 Å². The van der Waals surface area contributed by atoms with Gasteiger partial charge < -0.3 is 10.2 Å². The molecule has 21 heavy (non-hydrogen) atoms. The van der Waals surface area contributed by atoms with E-state index in [0.29, 0.717) is 16.6 Å². The SMILES string of the molecule is O=C(c1cnn2cccnc12)N1CCC2(CCNC2)CC1. The smallest absolute Gasteiger partial charge is 0.259 e. The Morgan fingerprint density at radius 1 is 1.29 bits per heavy atom. The quantitative estimate of drug-likeness (QED) is 0.847. The molecule has 2 aromatic rings. The van der Waals surface area contributed by atoms with E-state index in [9.17, 15) is 4.79 Å². The van der Waals surface area contributed by atoms with E-state index in [2.05, 4.69) is 15.4 Å². The molecule has 0 saturated carbocycles. The number of amides is 1. The zero-order chi connectivity index (χ0) is 14.3. The standard InChI is InChI=1S/C15H19N5O/c21-14(12-10-18-20-7-1-5-17-13(12)20)19-8-3-15(4-9-19)2-6-16-11-15/h1,5,7,10,16H,2-4,6,8-9,11H2. The molecule has 2 aliphatic rings. The molecule has 110 valence electrons. The fourth-order valence-corrected chi connectivity index (χ4v) is 3.55. The minimum Gasteiger partial charge on any atom is -0.338 e. The molecule has 1 amide bonds. The van der Waals surface area contributed by atoms with E-state index in [4.69, 9.17) is 0 Å². The van der Waals surface area contributed by atoms with Gasteiger partial charge in [-0.25, -0.2) is 9.50 Å². The third kappa shape index (κ3) is 2.10. The van der Waals surface area contributed by atoms with Crippen LogP contribution in [-0.2, 0) is 0 Å². The van der Waals surface area contributed by atoms with Gasteiger partial charge in [0.2, 0.25) is 0 Å². The molecular formula is C15H19N5O. The summed E-state index contributed by atoms with van der Waals surface area (Å²) in [5.74, 6) is 0.0597. The minimum atomic E-state index is 0.0597. The Morgan fingerprint density at radius 2 is 2.14 bits per heavy atom. The fourth-order valence-electron chi connectivity index (χ4n) is 3.55. The Kier molecular flexibility index (Phi) is 2.92. The molecule has 0 radical (unpaired) electrons. The summed E-state index contributed by atoms with van der Waals surface area (Å²) < 4.78 is 1.65. The van der Waals surface area contributed by atoms with Gasteiger partial charge in [0.1, 0.15) is 5.56 Å². The summed E-state index contributed by atoms with van der Waals surface area (Å²) in [4.78, 5) is 18.9. The molecule has 0 unspecified atom stereocenters. The van der Waals surface area contributed by atoms with Crippen molar-refractivity contribution in [1.82, 2.24) is 24.8 Å². The Hall–Kier alpha value is -1.95. The normalized spacial score (nSPS) is 21.2. The highest BCUT2D eigenvalue weighted by Crippen LogP contribution is 2.37. The lowest BCUT2D eigenvalue weighted by molar-refractivity contribution is 0.0609. The fraction of sp³-hybridized carbons (Fsp3) is 0.533. The minimum absolute atomic E-state index is 0.0597. The summed E-state index contributed by atoms with van der Waals surface area (Å²) in [6, 6.07) is 1.81. The third-order valence-electron chi connectivity index (χ3n) is 4.95. The highest BCUT2D eigenvalue weighted by atomic mass is 16.2. The average molecular weight is 285 g/mol. The highest BCUT2D eigenvalue weighted by molar-refractivity contribution is 5.99. The Balaban J connectivity index is 1.53. The molecule has 1 spiro atoms.